The summed E-state index contributed by atoms with van der Waals surface area (Å²) in [6.45, 7) is -0.453. The molecule has 0 aliphatic rings. The summed E-state index contributed by atoms with van der Waals surface area (Å²) in [6.07, 6.45) is -7.94. The van der Waals surface area contributed by atoms with E-state index in [2.05, 4.69) is 9.72 Å². The molecule has 1 rings (SSSR count). The highest BCUT2D eigenvalue weighted by Crippen LogP contribution is 2.33. The summed E-state index contributed by atoms with van der Waals surface area (Å²) >= 11 is 5.35. The molecule has 0 spiro atoms. The summed E-state index contributed by atoms with van der Waals surface area (Å²) in [5.41, 5.74) is 4.08. The fraction of sp³-hybridized carbons (Fsp3) is 0.375. The van der Waals surface area contributed by atoms with Gasteiger partial charge in [-0.05, 0) is 6.07 Å². The highest BCUT2D eigenvalue weighted by atomic mass is 35.5. The Morgan fingerprint density at radius 2 is 2.00 bits per heavy atom. The van der Waals surface area contributed by atoms with E-state index in [1.165, 1.54) is 0 Å². The van der Waals surface area contributed by atoms with Crippen molar-refractivity contribution >= 4 is 11.6 Å². The maximum atomic E-state index is 12.4. The fourth-order valence-corrected chi connectivity index (χ4v) is 1.25. The highest BCUT2D eigenvalue weighted by molar-refractivity contribution is 6.31. The van der Waals surface area contributed by atoms with Crippen LogP contribution in [0, 0.1) is 0 Å². The molecule has 0 radical (unpaired) electrons. The standard InChI is InChI=1S/C8H6ClF5N2O/c9-4-1-3(6(10)11)5(2-15)16-7(4)17-8(12,13)14/h1,6H,2,15H2. The maximum absolute atomic E-state index is 12.4. The molecule has 1 heterocycles. The number of ether oxygens (including phenoxy) is 1. The molecule has 3 nitrogen and oxygen atoms in total. The zero-order chi connectivity index (χ0) is 13.2. The molecular weight excluding hydrogens is 271 g/mol. The molecule has 1 aromatic heterocycles. The van der Waals surface area contributed by atoms with Crippen LogP contribution in [0.4, 0.5) is 22.0 Å². The molecule has 0 aliphatic heterocycles. The number of alkyl halides is 5. The number of halogens is 6. The van der Waals surface area contributed by atoms with Gasteiger partial charge >= 0.3 is 6.36 Å². The lowest BCUT2D eigenvalue weighted by molar-refractivity contribution is -0.276. The molecule has 96 valence electrons. The van der Waals surface area contributed by atoms with E-state index in [9.17, 15) is 22.0 Å². The molecule has 0 unspecified atom stereocenters. The van der Waals surface area contributed by atoms with Crippen molar-refractivity contribution in [1.82, 2.24) is 4.98 Å². The second-order valence-corrected chi connectivity index (χ2v) is 3.27. The first-order chi connectivity index (χ1) is 7.74. The van der Waals surface area contributed by atoms with Crippen LogP contribution in [0.5, 0.6) is 5.88 Å². The van der Waals surface area contributed by atoms with E-state index < -0.39 is 41.5 Å². The van der Waals surface area contributed by atoms with Gasteiger partial charge in [0, 0.05) is 12.1 Å². The van der Waals surface area contributed by atoms with E-state index in [1.54, 1.807) is 0 Å². The number of aromatic nitrogens is 1. The Hall–Kier alpha value is -1.15. The average Bonchev–Trinajstić information content (AvgIpc) is 2.18. The lowest BCUT2D eigenvalue weighted by atomic mass is 10.2. The third kappa shape index (κ3) is 3.67. The lowest BCUT2D eigenvalue weighted by Gasteiger charge is -2.13. The van der Waals surface area contributed by atoms with Gasteiger partial charge in [-0.25, -0.2) is 13.8 Å². The number of rotatable bonds is 3. The Labute approximate surface area is 97.3 Å². The van der Waals surface area contributed by atoms with E-state index >= 15 is 0 Å². The molecule has 1 aromatic rings. The van der Waals surface area contributed by atoms with Crippen molar-refractivity contribution in [3.63, 3.8) is 0 Å². The zero-order valence-corrected chi connectivity index (χ0v) is 8.82. The Morgan fingerprint density at radius 1 is 1.41 bits per heavy atom. The van der Waals surface area contributed by atoms with Gasteiger partial charge in [0.2, 0.25) is 5.88 Å². The molecule has 0 fully saturated rings. The molecule has 17 heavy (non-hydrogen) atoms. The maximum Gasteiger partial charge on any atom is 0.574 e. The van der Waals surface area contributed by atoms with Crippen molar-refractivity contribution in [2.75, 3.05) is 0 Å². The molecule has 0 saturated heterocycles. The topological polar surface area (TPSA) is 48.1 Å². The molecular formula is C8H6ClF5N2O. The molecule has 0 aliphatic carbocycles. The van der Waals surface area contributed by atoms with Gasteiger partial charge in [0.05, 0.1) is 5.69 Å². The molecule has 0 bridgehead atoms. The van der Waals surface area contributed by atoms with E-state index in [0.717, 1.165) is 0 Å². The third-order valence-corrected chi connectivity index (χ3v) is 1.97. The van der Waals surface area contributed by atoms with Crippen LogP contribution in [-0.4, -0.2) is 11.3 Å². The summed E-state index contributed by atoms with van der Waals surface area (Å²) in [5, 5.41) is -0.658. The number of nitrogens with two attached hydrogens (primary N) is 1. The highest BCUT2D eigenvalue weighted by Gasteiger charge is 2.33. The summed E-state index contributed by atoms with van der Waals surface area (Å²) in [6, 6.07) is 0.655. The number of hydrogen-bond acceptors (Lipinski definition) is 3. The second-order valence-electron chi connectivity index (χ2n) is 2.86. The van der Waals surface area contributed by atoms with Crippen LogP contribution >= 0.6 is 11.6 Å². The van der Waals surface area contributed by atoms with E-state index in [0.29, 0.717) is 6.07 Å². The van der Waals surface area contributed by atoms with Gasteiger partial charge in [-0.15, -0.1) is 13.2 Å². The predicted octanol–water partition coefficient (Wildman–Crippen LogP) is 3.03. The first-order valence-electron chi connectivity index (χ1n) is 4.18. The van der Waals surface area contributed by atoms with Crippen molar-refractivity contribution in [2.45, 2.75) is 19.3 Å². The molecule has 9 heteroatoms. The number of hydrogen-bond donors (Lipinski definition) is 1. The van der Waals surface area contributed by atoms with Gasteiger partial charge in [-0.1, -0.05) is 11.6 Å². The van der Waals surface area contributed by atoms with Crippen LogP contribution < -0.4 is 10.5 Å². The smallest absolute Gasteiger partial charge is 0.386 e. The molecule has 0 saturated carbocycles. The molecule has 0 atom stereocenters. The van der Waals surface area contributed by atoms with Gasteiger partial charge in [0.1, 0.15) is 5.02 Å². The number of pyridine rings is 1. The van der Waals surface area contributed by atoms with Crippen molar-refractivity contribution < 1.29 is 26.7 Å². The molecule has 2 N–H and O–H groups in total. The minimum absolute atomic E-state index is 0.399. The SMILES string of the molecule is NCc1nc(OC(F)(F)F)c(Cl)cc1C(F)F. The van der Waals surface area contributed by atoms with Crippen LogP contribution in [0.25, 0.3) is 0 Å². The first kappa shape index (κ1) is 13.9. The van der Waals surface area contributed by atoms with Crippen LogP contribution in [0.15, 0.2) is 6.07 Å². The largest absolute Gasteiger partial charge is 0.574 e. The Morgan fingerprint density at radius 3 is 2.41 bits per heavy atom. The van der Waals surface area contributed by atoms with Crippen LogP contribution in [-0.2, 0) is 6.54 Å². The number of nitrogens with zero attached hydrogens (tertiary/aromatic N) is 1. The van der Waals surface area contributed by atoms with Crippen LogP contribution in [0.1, 0.15) is 17.7 Å². The van der Waals surface area contributed by atoms with Gasteiger partial charge in [0.25, 0.3) is 6.43 Å². The van der Waals surface area contributed by atoms with Gasteiger partial charge in [0.15, 0.2) is 0 Å². The zero-order valence-electron chi connectivity index (χ0n) is 8.06. The fourth-order valence-electron chi connectivity index (χ4n) is 1.06. The summed E-state index contributed by atoms with van der Waals surface area (Å²) in [7, 11) is 0. The van der Waals surface area contributed by atoms with Crippen LogP contribution in [0.3, 0.4) is 0 Å². The van der Waals surface area contributed by atoms with E-state index in [4.69, 9.17) is 17.3 Å². The Kier molecular flexibility index (Phi) is 4.10. The summed E-state index contributed by atoms with van der Waals surface area (Å²) in [5.74, 6) is -0.996. The van der Waals surface area contributed by atoms with E-state index in [1.807, 2.05) is 0 Å². The van der Waals surface area contributed by atoms with E-state index in [-0.39, 0.29) is 0 Å². The van der Waals surface area contributed by atoms with Gasteiger partial charge in [-0.3, -0.25) is 0 Å². The second kappa shape index (κ2) is 5.01. The lowest BCUT2D eigenvalue weighted by Crippen LogP contribution is -2.19. The van der Waals surface area contributed by atoms with Crippen molar-refractivity contribution in [3.8, 4) is 5.88 Å². The minimum Gasteiger partial charge on any atom is -0.386 e. The average molecular weight is 277 g/mol. The quantitative estimate of drug-likeness (QED) is 0.863. The third-order valence-electron chi connectivity index (χ3n) is 1.70. The Bertz CT molecular complexity index is 410. The van der Waals surface area contributed by atoms with Gasteiger partial charge < -0.3 is 10.5 Å². The molecule has 0 aromatic carbocycles. The first-order valence-corrected chi connectivity index (χ1v) is 4.55. The molecule has 0 amide bonds. The summed E-state index contributed by atoms with van der Waals surface area (Å²) < 4.78 is 64.1. The monoisotopic (exact) mass is 276 g/mol. The predicted molar refractivity (Wildman–Crippen MR) is 48.8 cm³/mol. The summed E-state index contributed by atoms with van der Waals surface area (Å²) in [4.78, 5) is 3.22. The van der Waals surface area contributed by atoms with Crippen molar-refractivity contribution in [3.05, 3.63) is 22.3 Å². The minimum atomic E-state index is -5.01. The van der Waals surface area contributed by atoms with Crippen molar-refractivity contribution in [2.24, 2.45) is 5.73 Å². The van der Waals surface area contributed by atoms with Crippen molar-refractivity contribution in [1.29, 1.82) is 0 Å². The van der Waals surface area contributed by atoms with Crippen LogP contribution in [0.2, 0.25) is 5.02 Å². The normalized spacial score (nSPS) is 12.0. The Balaban J connectivity index is 3.18. The van der Waals surface area contributed by atoms with Gasteiger partial charge in [-0.2, -0.15) is 0 Å².